The van der Waals surface area contributed by atoms with E-state index in [0.29, 0.717) is 17.4 Å². The molecule has 0 radical (unpaired) electrons. The molecule has 1 amide bonds. The number of nitrogens with one attached hydrogen (secondary N) is 2. The zero-order valence-electron chi connectivity index (χ0n) is 14.7. The molecule has 0 aliphatic rings. The number of benzene rings is 2. The molecular formula is C20H23BrN2O2. The van der Waals surface area contributed by atoms with Gasteiger partial charge < -0.3 is 4.74 Å². The summed E-state index contributed by atoms with van der Waals surface area (Å²) in [6.07, 6.45) is 0. The average molecular weight is 403 g/mol. The first-order valence-corrected chi connectivity index (χ1v) is 8.89. The van der Waals surface area contributed by atoms with E-state index < -0.39 is 0 Å². The molecule has 0 aliphatic heterocycles. The number of rotatable bonds is 7. The van der Waals surface area contributed by atoms with E-state index in [4.69, 9.17) is 4.74 Å². The van der Waals surface area contributed by atoms with Crippen molar-refractivity contribution in [1.82, 2.24) is 10.9 Å². The molecule has 0 spiro atoms. The quantitative estimate of drug-likeness (QED) is 0.667. The van der Waals surface area contributed by atoms with Crippen LogP contribution in [0.5, 0.6) is 5.75 Å². The van der Waals surface area contributed by atoms with Gasteiger partial charge >= 0.3 is 0 Å². The SMILES string of the molecule is C=C(NNC(=O)COc1ccc(C)cc1Br)c1ccc(C(C)C)cc1. The number of aryl methyl sites for hydroxylation is 1. The van der Waals surface area contributed by atoms with Crippen molar-refractivity contribution in [2.24, 2.45) is 0 Å². The number of hydrogen-bond donors (Lipinski definition) is 2. The van der Waals surface area contributed by atoms with E-state index in [1.807, 2.05) is 37.3 Å². The molecule has 25 heavy (non-hydrogen) atoms. The summed E-state index contributed by atoms with van der Waals surface area (Å²) in [5.74, 6) is 0.824. The van der Waals surface area contributed by atoms with E-state index in [1.54, 1.807) is 0 Å². The van der Waals surface area contributed by atoms with Crippen molar-refractivity contribution in [3.8, 4) is 5.75 Å². The molecule has 4 nitrogen and oxygen atoms in total. The number of amides is 1. The minimum absolute atomic E-state index is 0.0891. The number of carbonyl (C=O) groups excluding carboxylic acids is 1. The van der Waals surface area contributed by atoms with Crippen molar-refractivity contribution in [2.45, 2.75) is 26.7 Å². The fraction of sp³-hybridized carbons (Fsp3) is 0.250. The summed E-state index contributed by atoms with van der Waals surface area (Å²) in [4.78, 5) is 11.9. The van der Waals surface area contributed by atoms with Crippen LogP contribution in [0, 0.1) is 6.92 Å². The van der Waals surface area contributed by atoms with Gasteiger partial charge in [-0.3, -0.25) is 15.6 Å². The Morgan fingerprint density at radius 3 is 2.44 bits per heavy atom. The molecule has 2 aromatic rings. The highest BCUT2D eigenvalue weighted by Crippen LogP contribution is 2.25. The summed E-state index contributed by atoms with van der Waals surface area (Å²) in [6, 6.07) is 13.8. The summed E-state index contributed by atoms with van der Waals surface area (Å²) in [5, 5.41) is 0. The molecule has 0 heterocycles. The van der Waals surface area contributed by atoms with Crippen molar-refractivity contribution in [3.05, 3.63) is 70.2 Å². The molecule has 2 aromatic carbocycles. The zero-order valence-corrected chi connectivity index (χ0v) is 16.3. The second kappa shape index (κ2) is 8.72. The van der Waals surface area contributed by atoms with Gasteiger partial charge in [0.1, 0.15) is 5.75 Å². The summed E-state index contributed by atoms with van der Waals surface area (Å²) in [7, 11) is 0. The van der Waals surface area contributed by atoms with E-state index >= 15 is 0 Å². The van der Waals surface area contributed by atoms with Crippen LogP contribution < -0.4 is 15.6 Å². The van der Waals surface area contributed by atoms with Crippen molar-refractivity contribution < 1.29 is 9.53 Å². The summed E-state index contributed by atoms with van der Waals surface area (Å²) < 4.78 is 6.33. The first kappa shape index (κ1) is 19.1. The van der Waals surface area contributed by atoms with E-state index in [-0.39, 0.29) is 12.5 Å². The van der Waals surface area contributed by atoms with Gasteiger partial charge in [-0.15, -0.1) is 0 Å². The van der Waals surface area contributed by atoms with Gasteiger partial charge in [-0.05, 0) is 57.6 Å². The molecule has 132 valence electrons. The van der Waals surface area contributed by atoms with Crippen LogP contribution in [-0.4, -0.2) is 12.5 Å². The molecule has 0 saturated heterocycles. The Morgan fingerprint density at radius 2 is 1.84 bits per heavy atom. The molecule has 0 unspecified atom stereocenters. The van der Waals surface area contributed by atoms with Gasteiger partial charge in [0.15, 0.2) is 6.61 Å². The third-order valence-electron chi connectivity index (χ3n) is 3.72. The highest BCUT2D eigenvalue weighted by molar-refractivity contribution is 9.10. The molecule has 2 rings (SSSR count). The van der Waals surface area contributed by atoms with Gasteiger partial charge in [-0.25, -0.2) is 0 Å². The van der Waals surface area contributed by atoms with Crippen molar-refractivity contribution in [2.75, 3.05) is 6.61 Å². The Hall–Kier alpha value is -2.27. The summed E-state index contributed by atoms with van der Waals surface area (Å²) in [5.41, 5.74) is 9.34. The molecular weight excluding hydrogens is 380 g/mol. The lowest BCUT2D eigenvalue weighted by Crippen LogP contribution is -2.39. The smallest absolute Gasteiger partial charge is 0.276 e. The fourth-order valence-corrected chi connectivity index (χ4v) is 2.80. The lowest BCUT2D eigenvalue weighted by Gasteiger charge is -2.13. The van der Waals surface area contributed by atoms with Gasteiger partial charge in [0.05, 0.1) is 10.2 Å². The topological polar surface area (TPSA) is 50.4 Å². The Morgan fingerprint density at radius 1 is 1.16 bits per heavy atom. The van der Waals surface area contributed by atoms with Gasteiger partial charge in [0.2, 0.25) is 0 Å². The van der Waals surface area contributed by atoms with Crippen LogP contribution in [0.4, 0.5) is 0 Å². The zero-order chi connectivity index (χ0) is 18.4. The highest BCUT2D eigenvalue weighted by atomic mass is 79.9. The van der Waals surface area contributed by atoms with Crippen LogP contribution in [0.3, 0.4) is 0 Å². The minimum Gasteiger partial charge on any atom is -0.483 e. The maximum absolute atomic E-state index is 11.9. The highest BCUT2D eigenvalue weighted by Gasteiger charge is 2.07. The molecule has 0 atom stereocenters. The van der Waals surface area contributed by atoms with Gasteiger partial charge in [0, 0.05) is 0 Å². The number of hydrogen-bond acceptors (Lipinski definition) is 3. The maximum atomic E-state index is 11.9. The predicted molar refractivity (Wildman–Crippen MR) is 105 cm³/mol. The third-order valence-corrected chi connectivity index (χ3v) is 4.34. The van der Waals surface area contributed by atoms with Crippen LogP contribution in [0.2, 0.25) is 0 Å². The molecule has 5 heteroatoms. The lowest BCUT2D eigenvalue weighted by molar-refractivity contribution is -0.123. The number of ether oxygens (including phenoxy) is 1. The van der Waals surface area contributed by atoms with Crippen LogP contribution in [0.25, 0.3) is 5.70 Å². The Labute approximate surface area is 157 Å². The standard InChI is InChI=1S/C20H23BrN2O2/c1-13(2)16-6-8-17(9-7-16)15(4)22-23-20(24)12-25-19-10-5-14(3)11-18(19)21/h5-11,13,22H,4,12H2,1-3H3,(H,23,24). The van der Waals surface area contributed by atoms with E-state index in [2.05, 4.69) is 59.3 Å². The molecule has 0 bridgehead atoms. The average Bonchev–Trinajstić information content (AvgIpc) is 2.59. The van der Waals surface area contributed by atoms with E-state index in [9.17, 15) is 4.79 Å². The molecule has 2 N–H and O–H groups in total. The van der Waals surface area contributed by atoms with Crippen molar-refractivity contribution in [1.29, 1.82) is 0 Å². The predicted octanol–water partition coefficient (Wildman–Crippen LogP) is 4.55. The molecule has 0 fully saturated rings. The lowest BCUT2D eigenvalue weighted by atomic mass is 10.0. The maximum Gasteiger partial charge on any atom is 0.276 e. The number of carbonyl (C=O) groups is 1. The largest absolute Gasteiger partial charge is 0.483 e. The number of hydrazine groups is 1. The first-order chi connectivity index (χ1) is 11.9. The van der Waals surface area contributed by atoms with Crippen molar-refractivity contribution in [3.63, 3.8) is 0 Å². The van der Waals surface area contributed by atoms with E-state index in [0.717, 1.165) is 15.6 Å². The summed E-state index contributed by atoms with van der Waals surface area (Å²) >= 11 is 3.42. The monoisotopic (exact) mass is 402 g/mol. The molecule has 0 saturated carbocycles. The third kappa shape index (κ3) is 5.64. The van der Waals surface area contributed by atoms with Crippen LogP contribution in [0.1, 0.15) is 36.5 Å². The Kier molecular flexibility index (Phi) is 6.65. The minimum atomic E-state index is -0.285. The number of halogens is 1. The van der Waals surface area contributed by atoms with E-state index in [1.165, 1.54) is 5.56 Å². The Balaban J connectivity index is 1.81. The second-order valence-electron chi connectivity index (χ2n) is 6.15. The van der Waals surface area contributed by atoms with Crippen molar-refractivity contribution >= 4 is 27.5 Å². The van der Waals surface area contributed by atoms with Crippen LogP contribution in [0.15, 0.2) is 53.5 Å². The molecule has 0 aromatic heterocycles. The fourth-order valence-electron chi connectivity index (χ4n) is 2.19. The molecule has 0 aliphatic carbocycles. The van der Waals surface area contributed by atoms with Gasteiger partial charge in [0.25, 0.3) is 5.91 Å². The Bertz CT molecular complexity index is 755. The van der Waals surface area contributed by atoms with Crippen LogP contribution in [-0.2, 0) is 4.79 Å². The summed E-state index contributed by atoms with van der Waals surface area (Å²) in [6.45, 7) is 10.1. The van der Waals surface area contributed by atoms with Gasteiger partial charge in [-0.1, -0.05) is 50.8 Å². The normalized spacial score (nSPS) is 10.4. The first-order valence-electron chi connectivity index (χ1n) is 8.10. The van der Waals surface area contributed by atoms with Crippen LogP contribution >= 0.6 is 15.9 Å². The van der Waals surface area contributed by atoms with Gasteiger partial charge in [-0.2, -0.15) is 0 Å². The second-order valence-corrected chi connectivity index (χ2v) is 7.01.